The van der Waals surface area contributed by atoms with Gasteiger partial charge in [-0.15, -0.1) is 0 Å². The molecule has 2 atom stereocenters. The molecule has 116 valence electrons. The van der Waals surface area contributed by atoms with Crippen LogP contribution in [0.3, 0.4) is 0 Å². The first-order valence-electron chi connectivity index (χ1n) is 7.82. The molecule has 0 spiro atoms. The number of anilines is 2. The minimum Gasteiger partial charge on any atom is -0.399 e. The number of nitrogens with two attached hydrogens (primary N) is 1. The summed E-state index contributed by atoms with van der Waals surface area (Å²) in [5, 5.41) is 2.98. The second kappa shape index (κ2) is 6.94. The molecule has 1 fully saturated rings. The van der Waals surface area contributed by atoms with E-state index in [4.69, 9.17) is 5.73 Å². The number of rotatable bonds is 4. The molecule has 0 aliphatic heterocycles. The molecule has 0 bridgehead atoms. The summed E-state index contributed by atoms with van der Waals surface area (Å²) in [6.45, 7) is 4.71. The van der Waals surface area contributed by atoms with Gasteiger partial charge >= 0.3 is 0 Å². The number of nitrogens with zero attached hydrogens (tertiary/aromatic N) is 1. The molecule has 0 aromatic heterocycles. The number of likely N-dealkylation sites (N-methyl/N-ethyl adjacent to an activating group) is 1. The van der Waals surface area contributed by atoms with Gasteiger partial charge in [0.2, 0.25) is 5.91 Å². The molecule has 2 rings (SSSR count). The van der Waals surface area contributed by atoms with Crippen LogP contribution in [-0.4, -0.2) is 30.4 Å². The summed E-state index contributed by atoms with van der Waals surface area (Å²) in [5.41, 5.74) is 8.29. The Morgan fingerprint density at radius 2 is 2.19 bits per heavy atom. The summed E-state index contributed by atoms with van der Waals surface area (Å²) in [4.78, 5) is 14.4. The van der Waals surface area contributed by atoms with Crippen molar-refractivity contribution in [3.8, 4) is 0 Å². The second-order valence-electron chi connectivity index (χ2n) is 6.46. The van der Waals surface area contributed by atoms with Crippen molar-refractivity contribution in [3.05, 3.63) is 23.8 Å². The van der Waals surface area contributed by atoms with Crippen LogP contribution in [-0.2, 0) is 4.79 Å². The molecular formula is C17H27N3O. The highest BCUT2D eigenvalue weighted by atomic mass is 16.2. The van der Waals surface area contributed by atoms with Gasteiger partial charge in [0, 0.05) is 17.4 Å². The van der Waals surface area contributed by atoms with Crippen LogP contribution in [0.5, 0.6) is 0 Å². The van der Waals surface area contributed by atoms with Crippen LogP contribution in [0.15, 0.2) is 18.2 Å². The van der Waals surface area contributed by atoms with Gasteiger partial charge in [0.25, 0.3) is 0 Å². The van der Waals surface area contributed by atoms with Crippen molar-refractivity contribution in [1.82, 2.24) is 4.90 Å². The Labute approximate surface area is 127 Å². The smallest absolute Gasteiger partial charge is 0.238 e. The third-order valence-corrected chi connectivity index (χ3v) is 4.45. The molecular weight excluding hydrogens is 262 g/mol. The van der Waals surface area contributed by atoms with Crippen molar-refractivity contribution in [2.45, 2.75) is 45.6 Å². The summed E-state index contributed by atoms with van der Waals surface area (Å²) < 4.78 is 0. The van der Waals surface area contributed by atoms with E-state index in [0.29, 0.717) is 12.6 Å². The predicted molar refractivity (Wildman–Crippen MR) is 88.3 cm³/mol. The fourth-order valence-corrected chi connectivity index (χ4v) is 3.17. The maximum atomic E-state index is 12.2. The van der Waals surface area contributed by atoms with E-state index in [0.717, 1.165) is 22.9 Å². The monoisotopic (exact) mass is 289 g/mol. The minimum atomic E-state index is 0.0450. The minimum absolute atomic E-state index is 0.0450. The number of carbonyl (C=O) groups excluding carboxylic acids is 1. The molecule has 1 saturated carbocycles. The van der Waals surface area contributed by atoms with Gasteiger partial charge in [-0.2, -0.15) is 0 Å². The molecule has 0 saturated heterocycles. The van der Waals surface area contributed by atoms with E-state index >= 15 is 0 Å². The Kier molecular flexibility index (Phi) is 5.23. The number of aryl methyl sites for hydroxylation is 1. The first kappa shape index (κ1) is 15.8. The summed E-state index contributed by atoms with van der Waals surface area (Å²) in [7, 11) is 2.05. The number of carbonyl (C=O) groups is 1. The zero-order valence-corrected chi connectivity index (χ0v) is 13.4. The van der Waals surface area contributed by atoms with Crippen LogP contribution in [0.4, 0.5) is 11.4 Å². The van der Waals surface area contributed by atoms with Gasteiger partial charge in [-0.05, 0) is 56.5 Å². The first-order valence-corrected chi connectivity index (χ1v) is 7.82. The van der Waals surface area contributed by atoms with Crippen LogP contribution in [0.2, 0.25) is 0 Å². The summed E-state index contributed by atoms with van der Waals surface area (Å²) in [6, 6.07) is 6.09. The molecule has 1 aromatic rings. The average molecular weight is 289 g/mol. The molecule has 0 heterocycles. The van der Waals surface area contributed by atoms with Crippen molar-refractivity contribution in [2.75, 3.05) is 24.6 Å². The largest absolute Gasteiger partial charge is 0.399 e. The molecule has 3 N–H and O–H groups in total. The predicted octanol–water partition coefficient (Wildman–Crippen LogP) is 3.03. The first-order chi connectivity index (χ1) is 9.95. The van der Waals surface area contributed by atoms with E-state index < -0.39 is 0 Å². The maximum absolute atomic E-state index is 12.2. The molecule has 1 aliphatic carbocycles. The number of hydrogen-bond acceptors (Lipinski definition) is 3. The van der Waals surface area contributed by atoms with Gasteiger partial charge < -0.3 is 11.1 Å². The second-order valence-corrected chi connectivity index (χ2v) is 6.46. The van der Waals surface area contributed by atoms with Gasteiger partial charge in [-0.3, -0.25) is 9.69 Å². The normalized spacial score (nSPS) is 22.3. The highest BCUT2D eigenvalue weighted by molar-refractivity contribution is 5.93. The number of amides is 1. The standard InChI is InChI=1S/C17H27N3O/c1-12-5-4-6-15(9-12)20(3)11-17(21)19-16-8-7-14(18)10-13(16)2/h7-8,10,12,15H,4-6,9,11,18H2,1-3H3,(H,19,21). The van der Waals surface area contributed by atoms with E-state index in [1.54, 1.807) is 0 Å². The van der Waals surface area contributed by atoms with E-state index in [1.165, 1.54) is 25.7 Å². The van der Waals surface area contributed by atoms with Crippen molar-refractivity contribution in [1.29, 1.82) is 0 Å². The van der Waals surface area contributed by atoms with E-state index in [1.807, 2.05) is 25.1 Å². The molecule has 2 unspecified atom stereocenters. The average Bonchev–Trinajstić information content (AvgIpc) is 2.42. The summed E-state index contributed by atoms with van der Waals surface area (Å²) in [6.07, 6.45) is 5.00. The zero-order valence-electron chi connectivity index (χ0n) is 13.4. The lowest BCUT2D eigenvalue weighted by Crippen LogP contribution is -2.40. The number of benzene rings is 1. The Hall–Kier alpha value is -1.55. The Morgan fingerprint density at radius 3 is 2.86 bits per heavy atom. The molecule has 4 nitrogen and oxygen atoms in total. The van der Waals surface area contributed by atoms with Crippen LogP contribution in [0.25, 0.3) is 0 Å². The molecule has 21 heavy (non-hydrogen) atoms. The zero-order chi connectivity index (χ0) is 15.4. The lowest BCUT2D eigenvalue weighted by Gasteiger charge is -2.33. The van der Waals surface area contributed by atoms with E-state index in [9.17, 15) is 4.79 Å². The third kappa shape index (κ3) is 4.46. The topological polar surface area (TPSA) is 58.4 Å². The Balaban J connectivity index is 1.89. The lowest BCUT2D eigenvalue weighted by molar-refractivity contribution is -0.117. The van der Waals surface area contributed by atoms with Crippen molar-refractivity contribution >= 4 is 17.3 Å². The quantitative estimate of drug-likeness (QED) is 0.838. The number of nitrogen functional groups attached to an aromatic ring is 1. The number of hydrogen-bond donors (Lipinski definition) is 2. The number of nitrogens with one attached hydrogen (secondary N) is 1. The van der Waals surface area contributed by atoms with Crippen LogP contribution < -0.4 is 11.1 Å². The fourth-order valence-electron chi connectivity index (χ4n) is 3.17. The molecule has 1 amide bonds. The van der Waals surface area contributed by atoms with Crippen molar-refractivity contribution in [3.63, 3.8) is 0 Å². The fraction of sp³-hybridized carbons (Fsp3) is 0.588. The van der Waals surface area contributed by atoms with Crippen molar-refractivity contribution < 1.29 is 4.79 Å². The van der Waals surface area contributed by atoms with Gasteiger partial charge in [-0.25, -0.2) is 0 Å². The van der Waals surface area contributed by atoms with Gasteiger partial charge in [0.05, 0.1) is 6.54 Å². The highest BCUT2D eigenvalue weighted by Crippen LogP contribution is 2.26. The van der Waals surface area contributed by atoms with Gasteiger partial charge in [0.15, 0.2) is 0 Å². The van der Waals surface area contributed by atoms with E-state index in [-0.39, 0.29) is 5.91 Å². The Bertz CT molecular complexity index is 501. The summed E-state index contributed by atoms with van der Waals surface area (Å²) in [5.74, 6) is 0.817. The van der Waals surface area contributed by atoms with E-state index in [2.05, 4.69) is 24.2 Å². The maximum Gasteiger partial charge on any atom is 0.238 e. The molecule has 4 heteroatoms. The Morgan fingerprint density at radius 1 is 1.43 bits per heavy atom. The lowest BCUT2D eigenvalue weighted by atomic mass is 9.86. The van der Waals surface area contributed by atoms with Gasteiger partial charge in [0.1, 0.15) is 0 Å². The van der Waals surface area contributed by atoms with Crippen molar-refractivity contribution in [2.24, 2.45) is 5.92 Å². The molecule has 0 radical (unpaired) electrons. The van der Waals surface area contributed by atoms with Crippen LogP contribution >= 0.6 is 0 Å². The molecule has 1 aromatic carbocycles. The SMILES string of the molecule is Cc1cc(N)ccc1NC(=O)CN(C)C1CCCC(C)C1. The van der Waals surface area contributed by atoms with Gasteiger partial charge in [-0.1, -0.05) is 19.8 Å². The van der Waals surface area contributed by atoms with Crippen LogP contribution in [0.1, 0.15) is 38.2 Å². The summed E-state index contributed by atoms with van der Waals surface area (Å²) >= 11 is 0. The van der Waals surface area contributed by atoms with Crippen LogP contribution in [0, 0.1) is 12.8 Å². The molecule has 1 aliphatic rings. The highest BCUT2D eigenvalue weighted by Gasteiger charge is 2.23. The third-order valence-electron chi connectivity index (χ3n) is 4.45.